The average molecular weight is 312 g/mol. The molecule has 1 amide bonds. The molecule has 0 atom stereocenters. The Labute approximate surface area is 138 Å². The molecule has 4 heteroatoms. The molecule has 0 aliphatic carbocycles. The second-order valence-electron chi connectivity index (χ2n) is 5.79. The zero-order valence-corrected chi connectivity index (χ0v) is 14.2. The molecule has 0 aliphatic heterocycles. The molecule has 2 rings (SSSR count). The molecule has 0 saturated carbocycles. The van der Waals surface area contributed by atoms with Crippen molar-refractivity contribution in [2.75, 3.05) is 26.0 Å². The van der Waals surface area contributed by atoms with E-state index in [1.807, 2.05) is 50.2 Å². The quantitative estimate of drug-likeness (QED) is 0.889. The van der Waals surface area contributed by atoms with Gasteiger partial charge in [-0.05, 0) is 43.2 Å². The van der Waals surface area contributed by atoms with E-state index in [1.165, 1.54) is 11.1 Å². The smallest absolute Gasteiger partial charge is 0.241 e. The molecular formula is C19H24N2O2. The van der Waals surface area contributed by atoms with Gasteiger partial charge in [-0.2, -0.15) is 0 Å². The maximum atomic E-state index is 12.3. The molecule has 0 unspecified atom stereocenters. The lowest BCUT2D eigenvalue weighted by Crippen LogP contribution is -2.31. The third-order valence-corrected chi connectivity index (χ3v) is 3.69. The van der Waals surface area contributed by atoms with Crippen LogP contribution in [0.4, 0.5) is 5.69 Å². The van der Waals surface area contributed by atoms with Crippen LogP contribution < -0.4 is 10.1 Å². The number of rotatable bonds is 6. The van der Waals surface area contributed by atoms with Gasteiger partial charge in [0, 0.05) is 24.8 Å². The van der Waals surface area contributed by atoms with Gasteiger partial charge in [0.2, 0.25) is 5.91 Å². The van der Waals surface area contributed by atoms with Gasteiger partial charge >= 0.3 is 0 Å². The highest BCUT2D eigenvalue weighted by Gasteiger charge is 2.11. The fraction of sp³-hybridized carbons (Fsp3) is 0.316. The number of carbonyl (C=O) groups is 1. The van der Waals surface area contributed by atoms with Crippen LogP contribution in [-0.4, -0.2) is 31.5 Å². The SMILES string of the molecule is COc1ccccc1CN(C)C(=O)CNc1cc(C)cc(C)c1. The van der Waals surface area contributed by atoms with Gasteiger partial charge in [-0.1, -0.05) is 24.3 Å². The molecule has 2 aromatic rings. The minimum absolute atomic E-state index is 0.0371. The van der Waals surface area contributed by atoms with Crippen molar-refractivity contribution in [3.63, 3.8) is 0 Å². The molecule has 0 heterocycles. The molecule has 122 valence electrons. The summed E-state index contributed by atoms with van der Waals surface area (Å²) in [6, 6.07) is 13.9. The van der Waals surface area contributed by atoms with E-state index in [-0.39, 0.29) is 12.5 Å². The molecule has 0 aromatic heterocycles. The molecule has 1 N–H and O–H groups in total. The summed E-state index contributed by atoms with van der Waals surface area (Å²) in [6.07, 6.45) is 0. The predicted molar refractivity (Wildman–Crippen MR) is 93.9 cm³/mol. The summed E-state index contributed by atoms with van der Waals surface area (Å²) in [7, 11) is 3.44. The number of hydrogen-bond acceptors (Lipinski definition) is 3. The number of carbonyl (C=O) groups excluding carboxylic acids is 1. The lowest BCUT2D eigenvalue weighted by atomic mass is 10.1. The highest BCUT2D eigenvalue weighted by molar-refractivity contribution is 5.80. The lowest BCUT2D eigenvalue weighted by molar-refractivity contribution is -0.128. The first-order chi connectivity index (χ1) is 11.0. The number of nitrogens with one attached hydrogen (secondary N) is 1. The largest absolute Gasteiger partial charge is 0.496 e. The first-order valence-corrected chi connectivity index (χ1v) is 7.67. The minimum Gasteiger partial charge on any atom is -0.496 e. The zero-order valence-electron chi connectivity index (χ0n) is 14.2. The van der Waals surface area contributed by atoms with E-state index in [4.69, 9.17) is 4.74 Å². The molecule has 0 aliphatic rings. The maximum Gasteiger partial charge on any atom is 0.241 e. The molecule has 0 fully saturated rings. The van der Waals surface area contributed by atoms with Crippen LogP contribution in [0.1, 0.15) is 16.7 Å². The molecular weight excluding hydrogens is 288 g/mol. The van der Waals surface area contributed by atoms with Gasteiger partial charge in [0.1, 0.15) is 5.75 Å². The Hall–Kier alpha value is -2.49. The minimum atomic E-state index is 0.0371. The van der Waals surface area contributed by atoms with Gasteiger partial charge in [0.15, 0.2) is 0 Å². The number of benzene rings is 2. The molecule has 4 nitrogen and oxygen atoms in total. The summed E-state index contributed by atoms with van der Waals surface area (Å²) in [5.41, 5.74) is 4.34. The van der Waals surface area contributed by atoms with Crippen LogP contribution in [0.25, 0.3) is 0 Å². The topological polar surface area (TPSA) is 41.6 Å². The number of methoxy groups -OCH3 is 1. The number of hydrogen-bond donors (Lipinski definition) is 1. The van der Waals surface area contributed by atoms with Crippen molar-refractivity contribution in [1.82, 2.24) is 4.90 Å². The standard InChI is InChI=1S/C19H24N2O2/c1-14-9-15(2)11-17(10-14)20-12-19(22)21(3)13-16-7-5-6-8-18(16)23-4/h5-11,20H,12-13H2,1-4H3. The highest BCUT2D eigenvalue weighted by Crippen LogP contribution is 2.19. The van der Waals surface area contributed by atoms with Crippen molar-refractivity contribution in [2.24, 2.45) is 0 Å². The van der Waals surface area contributed by atoms with Crippen LogP contribution in [0.5, 0.6) is 5.75 Å². The van der Waals surface area contributed by atoms with E-state index in [2.05, 4.69) is 11.4 Å². The van der Waals surface area contributed by atoms with Gasteiger partial charge in [0.05, 0.1) is 13.7 Å². The fourth-order valence-electron chi connectivity index (χ4n) is 2.57. The Morgan fingerprint density at radius 2 is 1.78 bits per heavy atom. The third kappa shape index (κ3) is 4.74. The normalized spacial score (nSPS) is 10.3. The van der Waals surface area contributed by atoms with Gasteiger partial charge in [-0.3, -0.25) is 4.79 Å². The average Bonchev–Trinajstić information content (AvgIpc) is 2.52. The number of ether oxygens (including phenoxy) is 1. The summed E-state index contributed by atoms with van der Waals surface area (Å²) >= 11 is 0. The van der Waals surface area contributed by atoms with Gasteiger partial charge in [0.25, 0.3) is 0 Å². The number of para-hydroxylation sites is 1. The summed E-state index contributed by atoms with van der Waals surface area (Å²) < 4.78 is 5.33. The molecule has 0 bridgehead atoms. The van der Waals surface area contributed by atoms with Crippen molar-refractivity contribution in [2.45, 2.75) is 20.4 Å². The second-order valence-corrected chi connectivity index (χ2v) is 5.79. The summed E-state index contributed by atoms with van der Waals surface area (Å²) in [4.78, 5) is 14.0. The van der Waals surface area contributed by atoms with Crippen molar-refractivity contribution >= 4 is 11.6 Å². The van der Waals surface area contributed by atoms with E-state index in [0.29, 0.717) is 6.54 Å². The van der Waals surface area contributed by atoms with Gasteiger partial charge in [-0.15, -0.1) is 0 Å². The van der Waals surface area contributed by atoms with E-state index in [1.54, 1.807) is 19.1 Å². The van der Waals surface area contributed by atoms with Crippen molar-refractivity contribution in [3.8, 4) is 5.75 Å². The predicted octanol–water partition coefficient (Wildman–Crippen LogP) is 3.38. The van der Waals surface area contributed by atoms with Crippen LogP contribution in [0, 0.1) is 13.8 Å². The van der Waals surface area contributed by atoms with Gasteiger partial charge in [-0.25, -0.2) is 0 Å². The first-order valence-electron chi connectivity index (χ1n) is 7.67. The summed E-state index contributed by atoms with van der Waals surface area (Å²) in [6.45, 7) is 4.90. The van der Waals surface area contributed by atoms with E-state index in [9.17, 15) is 4.79 Å². The monoisotopic (exact) mass is 312 g/mol. The highest BCUT2D eigenvalue weighted by atomic mass is 16.5. The maximum absolute atomic E-state index is 12.3. The van der Waals surface area contributed by atoms with E-state index >= 15 is 0 Å². The van der Waals surface area contributed by atoms with E-state index < -0.39 is 0 Å². The molecule has 2 aromatic carbocycles. The zero-order chi connectivity index (χ0) is 16.8. The van der Waals surface area contributed by atoms with Crippen LogP contribution in [0.2, 0.25) is 0 Å². The summed E-state index contributed by atoms with van der Waals surface area (Å²) in [5.74, 6) is 0.837. The third-order valence-electron chi connectivity index (χ3n) is 3.69. The van der Waals surface area contributed by atoms with Gasteiger partial charge < -0.3 is 15.0 Å². The van der Waals surface area contributed by atoms with Crippen LogP contribution in [0.15, 0.2) is 42.5 Å². The number of aryl methyl sites for hydroxylation is 2. The Bertz CT molecular complexity index is 663. The second kappa shape index (κ2) is 7.68. The van der Waals surface area contributed by atoms with Crippen molar-refractivity contribution < 1.29 is 9.53 Å². The molecule has 0 spiro atoms. The molecule has 0 saturated heterocycles. The first kappa shape index (κ1) is 16.9. The Morgan fingerprint density at radius 3 is 2.43 bits per heavy atom. The fourth-order valence-corrected chi connectivity index (χ4v) is 2.57. The van der Waals surface area contributed by atoms with Crippen LogP contribution >= 0.6 is 0 Å². The summed E-state index contributed by atoms with van der Waals surface area (Å²) in [5, 5.41) is 3.20. The number of likely N-dealkylation sites (N-methyl/N-ethyl adjacent to an activating group) is 1. The number of anilines is 1. The molecule has 0 radical (unpaired) electrons. The number of nitrogens with zero attached hydrogens (tertiary/aromatic N) is 1. The molecule has 23 heavy (non-hydrogen) atoms. The van der Waals surface area contributed by atoms with Crippen molar-refractivity contribution in [3.05, 3.63) is 59.2 Å². The van der Waals surface area contributed by atoms with Crippen LogP contribution in [-0.2, 0) is 11.3 Å². The van der Waals surface area contributed by atoms with E-state index in [0.717, 1.165) is 17.0 Å². The Morgan fingerprint density at radius 1 is 1.13 bits per heavy atom. The van der Waals surface area contributed by atoms with Crippen molar-refractivity contribution in [1.29, 1.82) is 0 Å². The lowest BCUT2D eigenvalue weighted by Gasteiger charge is -2.19. The Balaban J connectivity index is 1.94. The number of amides is 1. The Kier molecular flexibility index (Phi) is 5.63. The van der Waals surface area contributed by atoms with Crippen LogP contribution in [0.3, 0.4) is 0 Å².